The number of aromatic nitrogens is 2. The van der Waals surface area contributed by atoms with Crippen LogP contribution in [0.5, 0.6) is 0 Å². The molecule has 0 saturated carbocycles. The van der Waals surface area contributed by atoms with E-state index in [1.54, 1.807) is 11.0 Å². The van der Waals surface area contributed by atoms with Gasteiger partial charge in [0.1, 0.15) is 0 Å². The molecule has 0 aliphatic heterocycles. The van der Waals surface area contributed by atoms with Gasteiger partial charge in [-0.3, -0.25) is 4.79 Å². The smallest absolute Gasteiger partial charge is 0.237 e. The van der Waals surface area contributed by atoms with E-state index in [4.69, 9.17) is 16.9 Å². The van der Waals surface area contributed by atoms with E-state index in [0.717, 1.165) is 22.3 Å². The second-order valence-electron chi connectivity index (χ2n) is 6.21. The first-order valence-corrected chi connectivity index (χ1v) is 9.87. The molecular weight excluding hydrogens is 380 g/mol. The van der Waals surface area contributed by atoms with Gasteiger partial charge >= 0.3 is 0 Å². The van der Waals surface area contributed by atoms with Crippen LogP contribution in [0.2, 0.25) is 5.02 Å². The first kappa shape index (κ1) is 19.3. The molecule has 1 heterocycles. The number of nitrogens with one attached hydrogen (secondary N) is 1. The van der Waals surface area contributed by atoms with Crippen LogP contribution < -0.4 is 4.90 Å². The maximum absolute atomic E-state index is 12.8. The van der Waals surface area contributed by atoms with E-state index in [2.05, 4.69) is 16.0 Å². The molecule has 27 heavy (non-hydrogen) atoms. The van der Waals surface area contributed by atoms with Gasteiger partial charge in [0, 0.05) is 17.3 Å². The van der Waals surface area contributed by atoms with Crippen molar-refractivity contribution in [1.82, 2.24) is 9.97 Å². The Morgan fingerprint density at radius 1 is 1.26 bits per heavy atom. The molecule has 0 spiro atoms. The Hall–Kier alpha value is -2.49. The van der Waals surface area contributed by atoms with Crippen molar-refractivity contribution in [3.05, 3.63) is 52.5 Å². The van der Waals surface area contributed by atoms with Gasteiger partial charge in [-0.05, 0) is 55.3 Å². The maximum Gasteiger partial charge on any atom is 0.237 e. The van der Waals surface area contributed by atoms with Crippen LogP contribution in [0.15, 0.2) is 41.6 Å². The van der Waals surface area contributed by atoms with Crippen LogP contribution in [0, 0.1) is 25.2 Å². The number of nitriles is 1. The third kappa shape index (κ3) is 4.62. The maximum atomic E-state index is 12.8. The highest BCUT2D eigenvalue weighted by molar-refractivity contribution is 7.99. The van der Waals surface area contributed by atoms with Gasteiger partial charge in [0.2, 0.25) is 5.91 Å². The van der Waals surface area contributed by atoms with Crippen LogP contribution in [0.4, 0.5) is 5.69 Å². The lowest BCUT2D eigenvalue weighted by Crippen LogP contribution is -2.33. The summed E-state index contributed by atoms with van der Waals surface area (Å²) in [6.45, 7) is 4.42. The summed E-state index contributed by atoms with van der Waals surface area (Å²) in [5, 5.41) is 10.2. The van der Waals surface area contributed by atoms with Gasteiger partial charge in [-0.15, -0.1) is 0 Å². The number of nitrogens with zero attached hydrogens (tertiary/aromatic N) is 3. The first-order chi connectivity index (χ1) is 13.0. The monoisotopic (exact) mass is 398 g/mol. The number of H-pyrrole nitrogens is 1. The van der Waals surface area contributed by atoms with Crippen molar-refractivity contribution in [2.24, 2.45) is 0 Å². The molecule has 138 valence electrons. The zero-order valence-corrected chi connectivity index (χ0v) is 16.7. The second-order valence-corrected chi connectivity index (χ2v) is 7.61. The van der Waals surface area contributed by atoms with Crippen LogP contribution in [0.3, 0.4) is 0 Å². The summed E-state index contributed by atoms with van der Waals surface area (Å²) >= 11 is 7.34. The molecule has 1 aromatic heterocycles. The topological polar surface area (TPSA) is 72.8 Å². The summed E-state index contributed by atoms with van der Waals surface area (Å²) in [7, 11) is 0. The largest absolute Gasteiger partial charge is 0.333 e. The van der Waals surface area contributed by atoms with Gasteiger partial charge < -0.3 is 9.88 Å². The summed E-state index contributed by atoms with van der Waals surface area (Å²) in [5.41, 5.74) is 4.75. The van der Waals surface area contributed by atoms with Crippen molar-refractivity contribution < 1.29 is 4.79 Å². The average molecular weight is 399 g/mol. The third-order valence-corrected chi connectivity index (χ3v) is 5.40. The second kappa shape index (κ2) is 8.47. The normalized spacial score (nSPS) is 10.7. The fraction of sp³-hybridized carbons (Fsp3) is 0.250. The highest BCUT2D eigenvalue weighted by Crippen LogP contribution is 2.24. The number of amides is 1. The van der Waals surface area contributed by atoms with Crippen LogP contribution in [-0.2, 0) is 4.79 Å². The lowest BCUT2D eigenvalue weighted by atomic mass is 10.1. The van der Waals surface area contributed by atoms with Crippen molar-refractivity contribution in [3.8, 4) is 6.07 Å². The Balaban J connectivity index is 1.75. The van der Waals surface area contributed by atoms with Gasteiger partial charge in [0.05, 0.1) is 29.3 Å². The number of carbonyl (C=O) groups is 1. The van der Waals surface area contributed by atoms with Crippen LogP contribution in [-0.4, -0.2) is 28.2 Å². The standard InChI is InChI=1S/C20H19ClN4OS/c1-13-4-6-16(10-14(13)2)25(9-3-8-22)19(26)12-27-20-23-17-7-5-15(21)11-18(17)24-20/h4-7,10-11H,3,9,12H2,1-2H3,(H,23,24). The molecule has 3 rings (SSSR count). The minimum Gasteiger partial charge on any atom is -0.333 e. The molecule has 1 N–H and O–H groups in total. The molecule has 5 nitrogen and oxygen atoms in total. The number of benzene rings is 2. The molecule has 0 fully saturated rings. The number of aryl methyl sites for hydroxylation is 2. The summed E-state index contributed by atoms with van der Waals surface area (Å²) in [6, 6.07) is 13.5. The first-order valence-electron chi connectivity index (χ1n) is 8.50. The number of fused-ring (bicyclic) bond motifs is 1. The molecule has 0 atom stereocenters. The fourth-order valence-electron chi connectivity index (χ4n) is 2.69. The van der Waals surface area contributed by atoms with E-state index in [1.165, 1.54) is 17.3 Å². The zero-order chi connectivity index (χ0) is 19.4. The Labute approximate surface area is 167 Å². The molecule has 3 aromatic rings. The Kier molecular flexibility index (Phi) is 6.04. The van der Waals surface area contributed by atoms with Crippen molar-refractivity contribution in [2.75, 3.05) is 17.2 Å². The van der Waals surface area contributed by atoms with Crippen molar-refractivity contribution in [1.29, 1.82) is 5.26 Å². The van der Waals surface area contributed by atoms with E-state index in [1.807, 2.05) is 44.2 Å². The number of imidazole rings is 1. The number of thioether (sulfide) groups is 1. The number of hydrogen-bond acceptors (Lipinski definition) is 4. The van der Waals surface area contributed by atoms with E-state index < -0.39 is 0 Å². The summed E-state index contributed by atoms with van der Waals surface area (Å²) in [4.78, 5) is 22.1. The Morgan fingerprint density at radius 2 is 2.07 bits per heavy atom. The van der Waals surface area contributed by atoms with Gasteiger partial charge in [0.15, 0.2) is 5.16 Å². The molecule has 0 aliphatic rings. The quantitative estimate of drug-likeness (QED) is 0.601. The molecule has 0 saturated heterocycles. The lowest BCUT2D eigenvalue weighted by molar-refractivity contribution is -0.116. The van der Waals surface area contributed by atoms with Crippen molar-refractivity contribution in [2.45, 2.75) is 25.4 Å². The van der Waals surface area contributed by atoms with E-state index in [0.29, 0.717) is 16.7 Å². The van der Waals surface area contributed by atoms with Gasteiger partial charge in [-0.25, -0.2) is 4.98 Å². The average Bonchev–Trinajstić information content (AvgIpc) is 3.05. The van der Waals surface area contributed by atoms with Crippen LogP contribution in [0.1, 0.15) is 17.5 Å². The summed E-state index contributed by atoms with van der Waals surface area (Å²) in [5.74, 6) is 0.170. The van der Waals surface area contributed by atoms with E-state index in [9.17, 15) is 4.79 Å². The Bertz CT molecular complexity index is 1020. The number of halogens is 1. The van der Waals surface area contributed by atoms with Crippen LogP contribution in [0.25, 0.3) is 11.0 Å². The SMILES string of the molecule is Cc1ccc(N(CCC#N)C(=O)CSc2nc3ccc(Cl)cc3[nH]2)cc1C. The molecule has 0 radical (unpaired) electrons. The number of anilines is 1. The molecule has 7 heteroatoms. The summed E-state index contributed by atoms with van der Waals surface area (Å²) < 4.78 is 0. The Morgan fingerprint density at radius 3 is 2.81 bits per heavy atom. The lowest BCUT2D eigenvalue weighted by Gasteiger charge is -2.22. The predicted molar refractivity (Wildman–Crippen MR) is 110 cm³/mol. The van der Waals surface area contributed by atoms with Crippen LogP contribution >= 0.6 is 23.4 Å². The predicted octanol–water partition coefficient (Wildman–Crippen LogP) is 4.87. The van der Waals surface area contributed by atoms with Gasteiger partial charge in [0.25, 0.3) is 0 Å². The van der Waals surface area contributed by atoms with Crippen molar-refractivity contribution >= 4 is 46.0 Å². The van der Waals surface area contributed by atoms with E-state index in [-0.39, 0.29) is 18.1 Å². The molecule has 2 aromatic carbocycles. The number of aromatic amines is 1. The number of rotatable bonds is 6. The number of carbonyl (C=O) groups excluding carboxylic acids is 1. The zero-order valence-electron chi connectivity index (χ0n) is 15.1. The van der Waals surface area contributed by atoms with Gasteiger partial charge in [-0.1, -0.05) is 29.4 Å². The molecule has 0 aliphatic carbocycles. The van der Waals surface area contributed by atoms with Gasteiger partial charge in [-0.2, -0.15) is 5.26 Å². The van der Waals surface area contributed by atoms with Crippen molar-refractivity contribution in [3.63, 3.8) is 0 Å². The van der Waals surface area contributed by atoms with E-state index >= 15 is 0 Å². The third-order valence-electron chi connectivity index (χ3n) is 4.30. The highest BCUT2D eigenvalue weighted by Gasteiger charge is 2.17. The highest BCUT2D eigenvalue weighted by atomic mass is 35.5. The molecule has 0 bridgehead atoms. The summed E-state index contributed by atoms with van der Waals surface area (Å²) in [6.07, 6.45) is 0.284. The minimum atomic E-state index is -0.0583. The molecule has 1 amide bonds. The molecular formula is C20H19ClN4OS. The minimum absolute atomic E-state index is 0.0583. The number of hydrogen-bond donors (Lipinski definition) is 1. The fourth-order valence-corrected chi connectivity index (χ4v) is 3.62. The molecule has 0 unspecified atom stereocenters.